The number of anilines is 1. The Morgan fingerprint density at radius 3 is 2.70 bits per heavy atom. The van der Waals surface area contributed by atoms with Crippen molar-refractivity contribution in [1.82, 2.24) is 5.32 Å². The molecule has 2 nitrogen and oxygen atoms in total. The van der Waals surface area contributed by atoms with Crippen LogP contribution in [0.1, 0.15) is 29.0 Å². The lowest BCUT2D eigenvalue weighted by molar-refractivity contribution is 0.737. The molecule has 1 aromatic carbocycles. The molecule has 0 radical (unpaired) electrons. The third-order valence-corrected chi connectivity index (χ3v) is 4.56. The van der Waals surface area contributed by atoms with E-state index in [0.717, 1.165) is 16.8 Å². The summed E-state index contributed by atoms with van der Waals surface area (Å²) < 4.78 is 0. The first-order valence-electron chi connectivity index (χ1n) is 6.35. The molecule has 0 aliphatic heterocycles. The van der Waals surface area contributed by atoms with E-state index in [9.17, 15) is 0 Å². The molecular formula is C15H17ClN2S2. The summed E-state index contributed by atoms with van der Waals surface area (Å²) in [5, 5.41) is 9.80. The second-order valence-electron chi connectivity index (χ2n) is 4.77. The Morgan fingerprint density at radius 1 is 1.35 bits per heavy atom. The van der Waals surface area contributed by atoms with Gasteiger partial charge in [-0.1, -0.05) is 23.7 Å². The molecular weight excluding hydrogens is 308 g/mol. The van der Waals surface area contributed by atoms with Crippen molar-refractivity contribution in [2.75, 3.05) is 5.32 Å². The lowest BCUT2D eigenvalue weighted by Crippen LogP contribution is -2.30. The molecule has 1 aromatic heterocycles. The number of hydrogen-bond donors (Lipinski definition) is 2. The SMILES string of the molecule is Cc1cc(C)c(NC(=S)N[C@H](C)c2cccs2)c(Cl)c1. The van der Waals surface area contributed by atoms with Crippen molar-refractivity contribution in [3.63, 3.8) is 0 Å². The molecule has 0 bridgehead atoms. The van der Waals surface area contributed by atoms with Gasteiger partial charge in [-0.25, -0.2) is 0 Å². The highest BCUT2D eigenvalue weighted by molar-refractivity contribution is 7.80. The smallest absolute Gasteiger partial charge is 0.171 e. The number of rotatable bonds is 3. The standard InChI is InChI=1S/C15H17ClN2S2/c1-9-7-10(2)14(12(16)8-9)18-15(19)17-11(3)13-5-4-6-20-13/h4-8,11H,1-3H3,(H2,17,18,19)/t11-/m1/s1. The predicted octanol–water partition coefficient (Wildman–Crippen LogP) is 5.07. The molecule has 2 N–H and O–H groups in total. The number of thiophene rings is 1. The van der Waals surface area contributed by atoms with Crippen molar-refractivity contribution in [3.8, 4) is 0 Å². The Morgan fingerprint density at radius 2 is 2.10 bits per heavy atom. The summed E-state index contributed by atoms with van der Waals surface area (Å²) in [6.07, 6.45) is 0. The second kappa shape index (κ2) is 6.57. The van der Waals surface area contributed by atoms with Gasteiger partial charge in [0, 0.05) is 4.88 Å². The zero-order valence-electron chi connectivity index (χ0n) is 11.7. The Labute approximate surface area is 134 Å². The van der Waals surface area contributed by atoms with E-state index >= 15 is 0 Å². The highest BCUT2D eigenvalue weighted by atomic mass is 35.5. The topological polar surface area (TPSA) is 24.1 Å². The summed E-state index contributed by atoms with van der Waals surface area (Å²) in [7, 11) is 0. The van der Waals surface area contributed by atoms with Crippen LogP contribution in [-0.2, 0) is 0 Å². The summed E-state index contributed by atoms with van der Waals surface area (Å²) in [5.74, 6) is 0. The largest absolute Gasteiger partial charge is 0.355 e. The number of hydrogen-bond acceptors (Lipinski definition) is 2. The van der Waals surface area contributed by atoms with Gasteiger partial charge in [0.05, 0.1) is 16.8 Å². The van der Waals surface area contributed by atoms with Crippen LogP contribution in [0.4, 0.5) is 5.69 Å². The van der Waals surface area contributed by atoms with Gasteiger partial charge in [0.15, 0.2) is 5.11 Å². The van der Waals surface area contributed by atoms with Crippen LogP contribution in [0.3, 0.4) is 0 Å². The van der Waals surface area contributed by atoms with Crippen LogP contribution in [0.5, 0.6) is 0 Å². The van der Waals surface area contributed by atoms with E-state index in [1.165, 1.54) is 4.88 Å². The highest BCUT2D eigenvalue weighted by Gasteiger charge is 2.11. The number of nitrogens with one attached hydrogen (secondary N) is 2. The van der Waals surface area contributed by atoms with Crippen LogP contribution < -0.4 is 10.6 Å². The molecule has 0 saturated carbocycles. The van der Waals surface area contributed by atoms with Gasteiger partial charge < -0.3 is 10.6 Å². The van der Waals surface area contributed by atoms with Gasteiger partial charge in [-0.3, -0.25) is 0 Å². The predicted molar refractivity (Wildman–Crippen MR) is 93.0 cm³/mol. The molecule has 0 aliphatic rings. The molecule has 0 amide bonds. The van der Waals surface area contributed by atoms with Crippen molar-refractivity contribution in [2.24, 2.45) is 0 Å². The highest BCUT2D eigenvalue weighted by Crippen LogP contribution is 2.27. The number of halogens is 1. The Kier molecular flexibility index (Phi) is 5.02. The average Bonchev–Trinajstić information content (AvgIpc) is 2.87. The van der Waals surface area contributed by atoms with E-state index in [1.54, 1.807) is 11.3 Å². The zero-order chi connectivity index (χ0) is 14.7. The van der Waals surface area contributed by atoms with Crippen molar-refractivity contribution in [2.45, 2.75) is 26.8 Å². The molecule has 2 aromatic rings. The number of aryl methyl sites for hydroxylation is 2. The first kappa shape index (κ1) is 15.3. The van der Waals surface area contributed by atoms with Gasteiger partial charge >= 0.3 is 0 Å². The van der Waals surface area contributed by atoms with E-state index in [0.29, 0.717) is 10.1 Å². The quantitative estimate of drug-likeness (QED) is 0.771. The van der Waals surface area contributed by atoms with Crippen LogP contribution in [-0.4, -0.2) is 5.11 Å². The van der Waals surface area contributed by atoms with Crippen molar-refractivity contribution < 1.29 is 0 Å². The minimum atomic E-state index is 0.180. The monoisotopic (exact) mass is 324 g/mol. The normalized spacial score (nSPS) is 12.0. The minimum Gasteiger partial charge on any atom is -0.355 e. The first-order valence-corrected chi connectivity index (χ1v) is 8.01. The molecule has 20 heavy (non-hydrogen) atoms. The molecule has 106 valence electrons. The van der Waals surface area contributed by atoms with Gasteiger partial charge in [-0.2, -0.15) is 0 Å². The van der Waals surface area contributed by atoms with Crippen LogP contribution >= 0.6 is 35.2 Å². The maximum atomic E-state index is 6.27. The number of benzene rings is 1. The Bertz CT molecular complexity index is 585. The second-order valence-corrected chi connectivity index (χ2v) is 6.57. The minimum absolute atomic E-state index is 0.180. The van der Waals surface area contributed by atoms with E-state index in [4.69, 9.17) is 23.8 Å². The van der Waals surface area contributed by atoms with Crippen LogP contribution in [0.25, 0.3) is 0 Å². The molecule has 0 saturated heterocycles. The zero-order valence-corrected chi connectivity index (χ0v) is 14.0. The van der Waals surface area contributed by atoms with E-state index < -0.39 is 0 Å². The van der Waals surface area contributed by atoms with Crippen molar-refractivity contribution >= 4 is 46.0 Å². The lowest BCUT2D eigenvalue weighted by Gasteiger charge is -2.18. The molecule has 1 heterocycles. The fourth-order valence-corrected chi connectivity index (χ4v) is 3.41. The van der Waals surface area contributed by atoms with Gasteiger partial charge in [0.1, 0.15) is 0 Å². The average molecular weight is 325 g/mol. The van der Waals surface area contributed by atoms with Crippen LogP contribution in [0.15, 0.2) is 29.6 Å². The molecule has 0 fully saturated rings. The summed E-state index contributed by atoms with van der Waals surface area (Å²) in [6.45, 7) is 6.13. The molecule has 0 unspecified atom stereocenters. The molecule has 0 spiro atoms. The van der Waals surface area contributed by atoms with Gasteiger partial charge in [-0.15, -0.1) is 11.3 Å². The van der Waals surface area contributed by atoms with Crippen LogP contribution in [0, 0.1) is 13.8 Å². The lowest BCUT2D eigenvalue weighted by atomic mass is 10.1. The fraction of sp³-hybridized carbons (Fsp3) is 0.267. The molecule has 1 atom stereocenters. The van der Waals surface area contributed by atoms with Crippen molar-refractivity contribution in [1.29, 1.82) is 0 Å². The summed E-state index contributed by atoms with van der Waals surface area (Å²) in [6, 6.07) is 8.33. The number of thiocarbonyl (C=S) groups is 1. The maximum absolute atomic E-state index is 6.27. The third-order valence-electron chi connectivity index (χ3n) is 2.99. The maximum Gasteiger partial charge on any atom is 0.171 e. The summed E-state index contributed by atoms with van der Waals surface area (Å²) in [4.78, 5) is 1.25. The van der Waals surface area contributed by atoms with E-state index in [-0.39, 0.29) is 6.04 Å². The Hall–Kier alpha value is -1.10. The summed E-state index contributed by atoms with van der Waals surface area (Å²) >= 11 is 13.3. The van der Waals surface area contributed by atoms with Gasteiger partial charge in [0.25, 0.3) is 0 Å². The molecule has 0 aliphatic carbocycles. The van der Waals surface area contributed by atoms with Gasteiger partial charge in [-0.05, 0) is 61.6 Å². The molecule has 5 heteroatoms. The first-order chi connectivity index (χ1) is 9.47. The third kappa shape index (κ3) is 3.72. The van der Waals surface area contributed by atoms with E-state index in [2.05, 4.69) is 35.1 Å². The Balaban J connectivity index is 2.05. The van der Waals surface area contributed by atoms with Crippen LogP contribution in [0.2, 0.25) is 5.02 Å². The molecule has 2 rings (SSSR count). The van der Waals surface area contributed by atoms with Crippen molar-refractivity contribution in [3.05, 3.63) is 50.7 Å². The fourth-order valence-electron chi connectivity index (χ4n) is 2.03. The van der Waals surface area contributed by atoms with E-state index in [1.807, 2.05) is 26.0 Å². The summed E-state index contributed by atoms with van der Waals surface area (Å²) in [5.41, 5.74) is 3.10. The van der Waals surface area contributed by atoms with Gasteiger partial charge in [0.2, 0.25) is 0 Å².